The third-order valence-electron chi connectivity index (χ3n) is 4.53. The molecule has 0 spiro atoms. The lowest BCUT2D eigenvalue weighted by atomic mass is 9.97. The van der Waals surface area contributed by atoms with Crippen LogP contribution in [0.3, 0.4) is 0 Å². The van der Waals surface area contributed by atoms with E-state index in [2.05, 4.69) is 0 Å². The van der Waals surface area contributed by atoms with Crippen LogP contribution in [0.15, 0.2) is 24.3 Å². The molecule has 0 unspecified atom stereocenters. The number of nitrogens with one attached hydrogen (secondary N) is 1. The number of ether oxygens (including phenoxy) is 2. The zero-order chi connectivity index (χ0) is 18.2. The summed E-state index contributed by atoms with van der Waals surface area (Å²) < 4.78 is 10.7. The SMILES string of the molecule is CCOC(=O)C1CC[NH+](C[C@@H](O)COc2ccccc2C(C)=O)CC1. The minimum atomic E-state index is -0.617. The molecule has 0 aromatic heterocycles. The molecule has 1 aromatic carbocycles. The first kappa shape index (κ1) is 19.4. The van der Waals surface area contributed by atoms with Gasteiger partial charge in [0.05, 0.1) is 31.2 Å². The molecule has 2 N–H and O–H groups in total. The highest BCUT2D eigenvalue weighted by Crippen LogP contribution is 2.18. The van der Waals surface area contributed by atoms with Crippen molar-refractivity contribution in [3.05, 3.63) is 29.8 Å². The van der Waals surface area contributed by atoms with E-state index >= 15 is 0 Å². The van der Waals surface area contributed by atoms with Gasteiger partial charge in [-0.1, -0.05) is 12.1 Å². The second-order valence-corrected chi connectivity index (χ2v) is 6.50. The van der Waals surface area contributed by atoms with Gasteiger partial charge in [-0.3, -0.25) is 9.59 Å². The maximum atomic E-state index is 11.7. The van der Waals surface area contributed by atoms with Crippen molar-refractivity contribution in [2.75, 3.05) is 32.8 Å². The smallest absolute Gasteiger partial charge is 0.309 e. The number of benzene rings is 1. The van der Waals surface area contributed by atoms with Crippen molar-refractivity contribution in [1.29, 1.82) is 0 Å². The molecule has 1 aliphatic rings. The van der Waals surface area contributed by atoms with E-state index in [0.717, 1.165) is 25.9 Å². The Bertz CT molecular complexity index is 581. The molecule has 0 amide bonds. The molecule has 1 heterocycles. The molecule has 0 bridgehead atoms. The summed E-state index contributed by atoms with van der Waals surface area (Å²) in [6.45, 7) is 6.13. The molecule has 138 valence electrons. The summed E-state index contributed by atoms with van der Waals surface area (Å²) in [5, 5.41) is 10.2. The first-order valence-corrected chi connectivity index (χ1v) is 8.92. The topological polar surface area (TPSA) is 77.3 Å². The molecule has 1 atom stereocenters. The number of hydrogen-bond donors (Lipinski definition) is 2. The number of ketones is 1. The number of aliphatic hydroxyl groups is 1. The maximum Gasteiger partial charge on any atom is 0.309 e. The monoisotopic (exact) mass is 350 g/mol. The number of para-hydroxylation sites is 1. The lowest BCUT2D eigenvalue weighted by Gasteiger charge is -2.29. The Hall–Kier alpha value is -1.92. The summed E-state index contributed by atoms with van der Waals surface area (Å²) in [5.74, 6) is 0.327. The molecule has 6 heteroatoms. The summed E-state index contributed by atoms with van der Waals surface area (Å²) in [7, 11) is 0. The number of carbonyl (C=O) groups excluding carboxylic acids is 2. The molecule has 1 aliphatic heterocycles. The minimum absolute atomic E-state index is 0.0143. The summed E-state index contributed by atoms with van der Waals surface area (Å²) >= 11 is 0. The standard InChI is InChI=1S/C19H27NO5/c1-3-24-19(23)15-8-10-20(11-9-15)12-16(22)13-25-18-7-5-4-6-17(18)14(2)21/h4-7,15-16,22H,3,8-13H2,1-2H3/p+1/t16-/m1/s1. The Kier molecular flexibility index (Phi) is 7.40. The number of carbonyl (C=O) groups is 2. The van der Waals surface area contributed by atoms with Gasteiger partial charge in [-0.2, -0.15) is 0 Å². The van der Waals surface area contributed by atoms with E-state index in [-0.39, 0.29) is 24.3 Å². The normalized spacial score (nSPS) is 21.4. The van der Waals surface area contributed by atoms with Gasteiger partial charge in [0, 0.05) is 12.8 Å². The lowest BCUT2D eigenvalue weighted by molar-refractivity contribution is -0.908. The Morgan fingerprint density at radius 1 is 1.28 bits per heavy atom. The Labute approximate surface area is 148 Å². The van der Waals surface area contributed by atoms with E-state index in [1.54, 1.807) is 24.3 Å². The molecule has 1 aromatic rings. The fourth-order valence-corrected chi connectivity index (χ4v) is 3.19. The maximum absolute atomic E-state index is 11.7. The van der Waals surface area contributed by atoms with Crippen molar-refractivity contribution in [2.45, 2.75) is 32.8 Å². The number of esters is 1. The lowest BCUT2D eigenvalue weighted by Crippen LogP contribution is -3.14. The zero-order valence-electron chi connectivity index (χ0n) is 15.0. The first-order valence-electron chi connectivity index (χ1n) is 8.92. The van der Waals surface area contributed by atoms with Crippen molar-refractivity contribution in [2.24, 2.45) is 5.92 Å². The molecular weight excluding hydrogens is 322 g/mol. The molecule has 6 nitrogen and oxygen atoms in total. The van der Waals surface area contributed by atoms with Crippen LogP contribution in [0.25, 0.3) is 0 Å². The third-order valence-corrected chi connectivity index (χ3v) is 4.53. The van der Waals surface area contributed by atoms with Gasteiger partial charge in [0.1, 0.15) is 25.0 Å². The van der Waals surface area contributed by atoms with Crippen LogP contribution >= 0.6 is 0 Å². The van der Waals surface area contributed by atoms with E-state index in [1.165, 1.54) is 11.8 Å². The minimum Gasteiger partial charge on any atom is -0.490 e. The largest absolute Gasteiger partial charge is 0.490 e. The molecule has 1 saturated heterocycles. The molecule has 25 heavy (non-hydrogen) atoms. The highest BCUT2D eigenvalue weighted by molar-refractivity contribution is 5.96. The zero-order valence-corrected chi connectivity index (χ0v) is 15.0. The highest BCUT2D eigenvalue weighted by Gasteiger charge is 2.29. The van der Waals surface area contributed by atoms with Gasteiger partial charge in [0.25, 0.3) is 0 Å². The van der Waals surface area contributed by atoms with Gasteiger partial charge in [0.2, 0.25) is 0 Å². The number of Topliss-reactive ketones (excluding diaryl/α,β-unsaturated/α-hetero) is 1. The van der Waals surface area contributed by atoms with Crippen LogP contribution < -0.4 is 9.64 Å². The third kappa shape index (κ3) is 5.83. The van der Waals surface area contributed by atoms with Gasteiger partial charge in [0.15, 0.2) is 5.78 Å². The molecule has 0 saturated carbocycles. The fraction of sp³-hybridized carbons (Fsp3) is 0.579. The summed E-state index contributed by atoms with van der Waals surface area (Å²) in [6, 6.07) is 7.05. The van der Waals surface area contributed by atoms with Crippen LogP contribution in [0.4, 0.5) is 0 Å². The molecule has 2 rings (SSSR count). The van der Waals surface area contributed by atoms with Crippen LogP contribution in [0.1, 0.15) is 37.0 Å². The number of aliphatic hydroxyl groups excluding tert-OH is 1. The number of piperidine rings is 1. The van der Waals surface area contributed by atoms with Crippen molar-refractivity contribution >= 4 is 11.8 Å². The van der Waals surface area contributed by atoms with E-state index in [1.807, 2.05) is 6.92 Å². The highest BCUT2D eigenvalue weighted by atomic mass is 16.5. The Morgan fingerprint density at radius 3 is 2.60 bits per heavy atom. The van der Waals surface area contributed by atoms with Crippen LogP contribution in [0, 0.1) is 5.92 Å². The quantitative estimate of drug-likeness (QED) is 0.527. The first-order chi connectivity index (χ1) is 12.0. The van der Waals surface area contributed by atoms with E-state index in [0.29, 0.717) is 24.5 Å². The van der Waals surface area contributed by atoms with Crippen LogP contribution in [-0.4, -0.2) is 55.8 Å². The molecule has 0 radical (unpaired) electrons. The number of likely N-dealkylation sites (tertiary alicyclic amines) is 1. The van der Waals surface area contributed by atoms with Gasteiger partial charge >= 0.3 is 5.97 Å². The van der Waals surface area contributed by atoms with Crippen molar-refractivity contribution in [3.8, 4) is 5.75 Å². The summed E-state index contributed by atoms with van der Waals surface area (Å²) in [5.41, 5.74) is 0.525. The number of hydrogen-bond acceptors (Lipinski definition) is 5. The van der Waals surface area contributed by atoms with E-state index in [4.69, 9.17) is 9.47 Å². The fourth-order valence-electron chi connectivity index (χ4n) is 3.19. The predicted molar refractivity (Wildman–Crippen MR) is 92.9 cm³/mol. The molecule has 1 fully saturated rings. The van der Waals surface area contributed by atoms with Gasteiger partial charge in [-0.25, -0.2) is 0 Å². The van der Waals surface area contributed by atoms with Crippen molar-refractivity contribution in [1.82, 2.24) is 0 Å². The van der Waals surface area contributed by atoms with Crippen LogP contribution in [0.2, 0.25) is 0 Å². The van der Waals surface area contributed by atoms with Crippen molar-refractivity contribution in [3.63, 3.8) is 0 Å². The van der Waals surface area contributed by atoms with Crippen molar-refractivity contribution < 1.29 is 29.1 Å². The van der Waals surface area contributed by atoms with Crippen LogP contribution in [-0.2, 0) is 9.53 Å². The van der Waals surface area contributed by atoms with E-state index < -0.39 is 6.10 Å². The van der Waals surface area contributed by atoms with E-state index in [9.17, 15) is 14.7 Å². The summed E-state index contributed by atoms with van der Waals surface area (Å²) in [6.07, 6.45) is 0.957. The van der Waals surface area contributed by atoms with Gasteiger partial charge in [-0.05, 0) is 26.0 Å². The number of quaternary nitrogens is 1. The second-order valence-electron chi connectivity index (χ2n) is 6.50. The van der Waals surface area contributed by atoms with Crippen LogP contribution in [0.5, 0.6) is 5.75 Å². The van der Waals surface area contributed by atoms with Gasteiger partial charge < -0.3 is 19.5 Å². The average molecular weight is 350 g/mol. The van der Waals surface area contributed by atoms with Gasteiger partial charge in [-0.15, -0.1) is 0 Å². The summed E-state index contributed by atoms with van der Waals surface area (Å²) in [4.78, 5) is 24.6. The second kappa shape index (κ2) is 9.53. The molecular formula is C19H28NO5+. The number of rotatable bonds is 8. The molecule has 0 aliphatic carbocycles. The average Bonchev–Trinajstić information content (AvgIpc) is 2.61. The Morgan fingerprint density at radius 2 is 1.96 bits per heavy atom. The Balaban J connectivity index is 1.76. The predicted octanol–water partition coefficient (Wildman–Crippen LogP) is 0.487.